The zero-order valence-electron chi connectivity index (χ0n) is 8.85. The van der Waals surface area contributed by atoms with Crippen molar-refractivity contribution >= 4 is 0 Å². The molecule has 0 aromatic rings. The summed E-state index contributed by atoms with van der Waals surface area (Å²) in [5.74, 6) is 0. The molecule has 13 heavy (non-hydrogen) atoms. The molecule has 0 amide bonds. The van der Waals surface area contributed by atoms with E-state index < -0.39 is 0 Å². The van der Waals surface area contributed by atoms with Crippen LogP contribution in [0.5, 0.6) is 0 Å². The maximum Gasteiger partial charge on any atom is 0.0700 e. The molecule has 1 saturated heterocycles. The Morgan fingerprint density at radius 2 is 2.23 bits per heavy atom. The number of ether oxygens (including phenoxy) is 1. The van der Waals surface area contributed by atoms with Crippen LogP contribution in [-0.4, -0.2) is 25.8 Å². The minimum absolute atomic E-state index is 0.506. The zero-order chi connectivity index (χ0) is 9.36. The van der Waals surface area contributed by atoms with Crippen molar-refractivity contribution in [2.45, 2.75) is 51.6 Å². The minimum Gasteiger partial charge on any atom is -0.377 e. The summed E-state index contributed by atoms with van der Waals surface area (Å²) in [5.41, 5.74) is 0. The van der Waals surface area contributed by atoms with Crippen LogP contribution in [-0.2, 0) is 4.74 Å². The second-order valence-corrected chi connectivity index (χ2v) is 3.90. The van der Waals surface area contributed by atoms with Crippen molar-refractivity contribution in [1.29, 1.82) is 0 Å². The Hall–Kier alpha value is -0.0800. The third-order valence-electron chi connectivity index (χ3n) is 2.60. The van der Waals surface area contributed by atoms with Crippen LogP contribution in [0.1, 0.15) is 45.4 Å². The summed E-state index contributed by atoms with van der Waals surface area (Å²) in [6, 6.07) is 0. The topological polar surface area (TPSA) is 21.3 Å². The van der Waals surface area contributed by atoms with Gasteiger partial charge >= 0.3 is 0 Å². The lowest BCUT2D eigenvalue weighted by molar-refractivity contribution is 0.110. The molecule has 0 bridgehead atoms. The zero-order valence-corrected chi connectivity index (χ0v) is 8.85. The van der Waals surface area contributed by atoms with Crippen LogP contribution >= 0.6 is 0 Å². The van der Waals surface area contributed by atoms with E-state index in [9.17, 15) is 0 Å². The largest absolute Gasteiger partial charge is 0.377 e. The number of hydrogen-bond acceptors (Lipinski definition) is 2. The van der Waals surface area contributed by atoms with Crippen molar-refractivity contribution < 1.29 is 4.74 Å². The van der Waals surface area contributed by atoms with Crippen molar-refractivity contribution in [3.8, 4) is 0 Å². The van der Waals surface area contributed by atoms with Gasteiger partial charge in [-0.2, -0.15) is 0 Å². The maximum absolute atomic E-state index is 5.52. The molecule has 1 fully saturated rings. The van der Waals surface area contributed by atoms with Crippen LogP contribution in [0.15, 0.2) is 0 Å². The van der Waals surface area contributed by atoms with Gasteiger partial charge in [-0.1, -0.05) is 26.2 Å². The van der Waals surface area contributed by atoms with Gasteiger partial charge in [-0.05, 0) is 25.8 Å². The molecule has 0 spiro atoms. The van der Waals surface area contributed by atoms with Gasteiger partial charge in [-0.15, -0.1) is 0 Å². The first kappa shape index (κ1) is 11.0. The molecule has 1 rings (SSSR count). The second-order valence-electron chi connectivity index (χ2n) is 3.90. The average molecular weight is 185 g/mol. The van der Waals surface area contributed by atoms with Crippen LogP contribution in [0.25, 0.3) is 0 Å². The van der Waals surface area contributed by atoms with Crippen molar-refractivity contribution in [3.63, 3.8) is 0 Å². The molecule has 1 unspecified atom stereocenters. The van der Waals surface area contributed by atoms with Crippen LogP contribution in [0, 0.1) is 0 Å². The second kappa shape index (κ2) is 7.34. The Kier molecular flexibility index (Phi) is 6.21. The highest BCUT2D eigenvalue weighted by Crippen LogP contribution is 2.10. The van der Waals surface area contributed by atoms with Gasteiger partial charge in [0.25, 0.3) is 0 Å². The molecule has 2 heteroatoms. The SMILES string of the molecule is CCCCCCNCC1CCCO1. The number of unbranched alkanes of at least 4 members (excludes halogenated alkanes) is 3. The first-order valence-electron chi connectivity index (χ1n) is 5.76. The standard InChI is InChI=1S/C11H23NO/c1-2-3-4-5-8-12-10-11-7-6-9-13-11/h11-12H,2-10H2,1H3. The average Bonchev–Trinajstić information content (AvgIpc) is 2.63. The number of hydrogen-bond donors (Lipinski definition) is 1. The molecule has 0 saturated carbocycles. The molecular weight excluding hydrogens is 162 g/mol. The molecule has 2 nitrogen and oxygen atoms in total. The third-order valence-corrected chi connectivity index (χ3v) is 2.60. The van der Waals surface area contributed by atoms with E-state index in [1.165, 1.54) is 45.1 Å². The van der Waals surface area contributed by atoms with Crippen molar-refractivity contribution in [3.05, 3.63) is 0 Å². The summed E-state index contributed by atoms with van der Waals surface area (Å²) in [5, 5.41) is 3.46. The van der Waals surface area contributed by atoms with Crippen LogP contribution in [0.2, 0.25) is 0 Å². The fourth-order valence-electron chi connectivity index (χ4n) is 1.75. The van der Waals surface area contributed by atoms with Gasteiger partial charge in [0.05, 0.1) is 6.10 Å². The molecule has 0 aromatic carbocycles. The van der Waals surface area contributed by atoms with Crippen molar-refractivity contribution in [2.24, 2.45) is 0 Å². The summed E-state index contributed by atoms with van der Waals surface area (Å²) < 4.78 is 5.52. The molecule has 0 aliphatic carbocycles. The Morgan fingerprint density at radius 3 is 2.92 bits per heavy atom. The van der Waals surface area contributed by atoms with E-state index in [1.807, 2.05) is 0 Å². The highest BCUT2D eigenvalue weighted by Gasteiger charge is 2.13. The lowest BCUT2D eigenvalue weighted by atomic mass is 10.2. The van der Waals surface area contributed by atoms with E-state index in [4.69, 9.17) is 4.74 Å². The van der Waals surface area contributed by atoms with E-state index in [-0.39, 0.29) is 0 Å². The Labute approximate surface area is 82.0 Å². The number of rotatable bonds is 7. The third kappa shape index (κ3) is 5.27. The molecule has 1 heterocycles. The first-order chi connectivity index (χ1) is 6.43. The van der Waals surface area contributed by atoms with Crippen LogP contribution in [0.3, 0.4) is 0 Å². The van der Waals surface area contributed by atoms with E-state index in [0.717, 1.165) is 13.2 Å². The predicted octanol–water partition coefficient (Wildman–Crippen LogP) is 2.34. The molecule has 0 radical (unpaired) electrons. The summed E-state index contributed by atoms with van der Waals surface area (Å²) in [4.78, 5) is 0. The summed E-state index contributed by atoms with van der Waals surface area (Å²) >= 11 is 0. The van der Waals surface area contributed by atoms with Crippen LogP contribution < -0.4 is 5.32 Å². The maximum atomic E-state index is 5.52. The lowest BCUT2D eigenvalue weighted by Gasteiger charge is -2.10. The van der Waals surface area contributed by atoms with Gasteiger partial charge in [-0.3, -0.25) is 0 Å². The molecule has 1 atom stereocenters. The Morgan fingerprint density at radius 1 is 1.31 bits per heavy atom. The van der Waals surface area contributed by atoms with Crippen LogP contribution in [0.4, 0.5) is 0 Å². The monoisotopic (exact) mass is 185 g/mol. The highest BCUT2D eigenvalue weighted by molar-refractivity contribution is 4.67. The van der Waals surface area contributed by atoms with Gasteiger partial charge in [0.2, 0.25) is 0 Å². The summed E-state index contributed by atoms with van der Waals surface area (Å²) in [6.45, 7) is 5.45. The van der Waals surface area contributed by atoms with Gasteiger partial charge < -0.3 is 10.1 Å². The fourth-order valence-corrected chi connectivity index (χ4v) is 1.75. The first-order valence-corrected chi connectivity index (χ1v) is 5.76. The Bertz CT molecular complexity index is 111. The predicted molar refractivity (Wildman–Crippen MR) is 56.0 cm³/mol. The quantitative estimate of drug-likeness (QED) is 0.615. The van der Waals surface area contributed by atoms with Gasteiger partial charge in [0.1, 0.15) is 0 Å². The normalized spacial score (nSPS) is 22.4. The molecule has 1 N–H and O–H groups in total. The van der Waals surface area contributed by atoms with E-state index in [1.54, 1.807) is 0 Å². The van der Waals surface area contributed by atoms with E-state index >= 15 is 0 Å². The highest BCUT2D eigenvalue weighted by atomic mass is 16.5. The fraction of sp³-hybridized carbons (Fsp3) is 1.00. The van der Waals surface area contributed by atoms with Gasteiger partial charge in [0, 0.05) is 13.2 Å². The minimum atomic E-state index is 0.506. The summed E-state index contributed by atoms with van der Waals surface area (Å²) in [6.07, 6.45) is 8.40. The van der Waals surface area contributed by atoms with Gasteiger partial charge in [0.15, 0.2) is 0 Å². The Balaban J connectivity index is 1.78. The number of nitrogens with one attached hydrogen (secondary N) is 1. The van der Waals surface area contributed by atoms with Crippen molar-refractivity contribution in [2.75, 3.05) is 19.7 Å². The van der Waals surface area contributed by atoms with E-state index in [2.05, 4.69) is 12.2 Å². The molecule has 1 aliphatic rings. The van der Waals surface area contributed by atoms with Gasteiger partial charge in [-0.25, -0.2) is 0 Å². The smallest absolute Gasteiger partial charge is 0.0700 e. The van der Waals surface area contributed by atoms with Crippen molar-refractivity contribution in [1.82, 2.24) is 5.32 Å². The lowest BCUT2D eigenvalue weighted by Crippen LogP contribution is -2.26. The molecule has 1 aliphatic heterocycles. The molecular formula is C11H23NO. The molecule has 0 aromatic heterocycles. The van der Waals surface area contributed by atoms with E-state index in [0.29, 0.717) is 6.10 Å². The summed E-state index contributed by atoms with van der Waals surface area (Å²) in [7, 11) is 0. The molecule has 78 valence electrons.